The smallest absolute Gasteiger partial charge is 0.328 e. The maximum atomic E-state index is 13.3. The Kier molecular flexibility index (Phi) is 13.5. The highest BCUT2D eigenvalue weighted by molar-refractivity contribution is 5.99. The van der Waals surface area contributed by atoms with Crippen molar-refractivity contribution < 1.29 is 48.5 Å². The van der Waals surface area contributed by atoms with E-state index in [4.69, 9.17) is 9.47 Å². The molecule has 49 heavy (non-hydrogen) atoms. The lowest BCUT2D eigenvalue weighted by Gasteiger charge is -2.24. The standard InChI is InChI=1S/C34H45N5O10/c1-20(40)39-18-22(21-6-8-23(9-7-21)35-33(47)36-24-10-12-25(48-5)13-11-24)16-28(39)30(42)38-27(32(45)46)19-49-15-14-26(31(43)44)37-29(41)17-34(2,3)4/h6-13,22,26-28H,14-19H2,1-5H3,(H,37,41)(H,38,42)(H,43,44)(H,45,46)(H2,35,36,47). The number of benzene rings is 2. The van der Waals surface area contributed by atoms with Crippen molar-refractivity contribution in [1.82, 2.24) is 15.5 Å². The van der Waals surface area contributed by atoms with E-state index in [1.54, 1.807) is 55.6 Å². The molecule has 0 aliphatic carbocycles. The second-order valence-electron chi connectivity index (χ2n) is 13.0. The molecule has 0 radical (unpaired) electrons. The van der Waals surface area contributed by atoms with E-state index >= 15 is 0 Å². The minimum absolute atomic E-state index is 0.116. The van der Waals surface area contributed by atoms with Crippen LogP contribution in [0.2, 0.25) is 0 Å². The fourth-order valence-corrected chi connectivity index (χ4v) is 5.31. The number of ether oxygens (including phenoxy) is 2. The van der Waals surface area contributed by atoms with Crippen molar-refractivity contribution in [3.63, 3.8) is 0 Å². The number of methoxy groups -OCH3 is 1. The van der Waals surface area contributed by atoms with Gasteiger partial charge in [-0.05, 0) is 53.8 Å². The van der Waals surface area contributed by atoms with Crippen LogP contribution in [0.25, 0.3) is 0 Å². The Morgan fingerprint density at radius 2 is 1.45 bits per heavy atom. The number of carbonyl (C=O) groups excluding carboxylic acids is 4. The van der Waals surface area contributed by atoms with Crippen molar-refractivity contribution in [2.75, 3.05) is 37.5 Å². The number of carbonyl (C=O) groups is 6. The molecule has 0 aromatic heterocycles. The number of carboxylic acid groups (broad SMARTS) is 2. The van der Waals surface area contributed by atoms with Crippen LogP contribution >= 0.6 is 0 Å². The first-order valence-corrected chi connectivity index (χ1v) is 15.8. The first-order chi connectivity index (χ1) is 23.1. The molecule has 2 aromatic carbocycles. The van der Waals surface area contributed by atoms with Gasteiger partial charge in [0.1, 0.15) is 17.8 Å². The average Bonchev–Trinajstić information content (AvgIpc) is 3.48. The first-order valence-electron chi connectivity index (χ1n) is 15.8. The molecule has 4 unspecified atom stereocenters. The molecule has 266 valence electrons. The average molecular weight is 684 g/mol. The largest absolute Gasteiger partial charge is 0.497 e. The van der Waals surface area contributed by atoms with Crippen LogP contribution in [0, 0.1) is 5.41 Å². The molecule has 1 fully saturated rings. The van der Waals surface area contributed by atoms with Gasteiger partial charge in [-0.1, -0.05) is 32.9 Å². The summed E-state index contributed by atoms with van der Waals surface area (Å²) in [7, 11) is 1.55. The van der Waals surface area contributed by atoms with Gasteiger partial charge in [0.2, 0.25) is 17.7 Å². The van der Waals surface area contributed by atoms with Gasteiger partial charge in [0, 0.05) is 50.2 Å². The number of urea groups is 1. The number of carboxylic acids is 2. The highest BCUT2D eigenvalue weighted by Gasteiger charge is 2.40. The van der Waals surface area contributed by atoms with Crippen LogP contribution in [-0.4, -0.2) is 95.8 Å². The molecular weight excluding hydrogens is 638 g/mol. The second-order valence-corrected chi connectivity index (χ2v) is 13.0. The molecule has 1 aliphatic heterocycles. The lowest BCUT2D eigenvalue weighted by molar-refractivity contribution is -0.146. The fourth-order valence-electron chi connectivity index (χ4n) is 5.31. The summed E-state index contributed by atoms with van der Waals surface area (Å²) in [6.07, 6.45) is 0.241. The molecule has 1 heterocycles. The molecule has 3 rings (SSSR count). The van der Waals surface area contributed by atoms with Crippen LogP contribution in [0.5, 0.6) is 5.75 Å². The van der Waals surface area contributed by atoms with Gasteiger partial charge in [0.05, 0.1) is 13.7 Å². The normalized spacial score (nSPS) is 17.0. The van der Waals surface area contributed by atoms with Gasteiger partial charge in [-0.25, -0.2) is 14.4 Å². The third-order valence-corrected chi connectivity index (χ3v) is 7.77. The number of likely N-dealkylation sites (tertiary alicyclic amines) is 1. The Morgan fingerprint density at radius 3 is 1.96 bits per heavy atom. The molecule has 0 saturated carbocycles. The maximum absolute atomic E-state index is 13.3. The summed E-state index contributed by atoms with van der Waals surface area (Å²) >= 11 is 0. The molecule has 15 nitrogen and oxygen atoms in total. The van der Waals surface area contributed by atoms with Crippen LogP contribution in [-0.2, 0) is 28.7 Å². The third-order valence-electron chi connectivity index (χ3n) is 7.77. The summed E-state index contributed by atoms with van der Waals surface area (Å²) in [5.41, 5.74) is 1.59. The predicted molar refractivity (Wildman–Crippen MR) is 179 cm³/mol. The molecule has 5 amide bonds. The molecule has 0 spiro atoms. The van der Waals surface area contributed by atoms with Crippen LogP contribution in [0.4, 0.5) is 16.2 Å². The zero-order valence-electron chi connectivity index (χ0n) is 28.3. The molecule has 0 bridgehead atoms. The lowest BCUT2D eigenvalue weighted by Crippen LogP contribution is -2.52. The van der Waals surface area contributed by atoms with Crippen molar-refractivity contribution in [3.8, 4) is 5.75 Å². The maximum Gasteiger partial charge on any atom is 0.328 e. The minimum atomic E-state index is -1.46. The highest BCUT2D eigenvalue weighted by Crippen LogP contribution is 2.33. The molecule has 1 saturated heterocycles. The van der Waals surface area contributed by atoms with E-state index in [2.05, 4.69) is 21.3 Å². The van der Waals surface area contributed by atoms with Crippen molar-refractivity contribution in [2.45, 2.75) is 71.0 Å². The SMILES string of the molecule is COc1ccc(NC(=O)Nc2ccc(C3CC(C(=O)NC(COCCC(NC(=O)CC(C)(C)C)C(=O)O)C(=O)O)N(C(C)=O)C3)cc2)cc1. The monoisotopic (exact) mass is 683 g/mol. The molecular formula is C34H45N5O10. The zero-order valence-corrected chi connectivity index (χ0v) is 28.3. The van der Waals surface area contributed by atoms with E-state index in [9.17, 15) is 39.0 Å². The number of hydrogen-bond donors (Lipinski definition) is 6. The van der Waals surface area contributed by atoms with Crippen LogP contribution in [0.15, 0.2) is 48.5 Å². The summed E-state index contributed by atoms with van der Waals surface area (Å²) in [5.74, 6) is -3.65. The number of anilines is 2. The summed E-state index contributed by atoms with van der Waals surface area (Å²) in [6, 6.07) is 9.76. The number of rotatable bonds is 15. The molecule has 1 aliphatic rings. The lowest BCUT2D eigenvalue weighted by atomic mass is 9.92. The Hall–Kier alpha value is -5.18. The predicted octanol–water partition coefficient (Wildman–Crippen LogP) is 3.03. The zero-order chi connectivity index (χ0) is 36.3. The van der Waals surface area contributed by atoms with Gasteiger partial charge in [-0.15, -0.1) is 0 Å². The molecule has 15 heteroatoms. The van der Waals surface area contributed by atoms with Gasteiger partial charge in [0.25, 0.3) is 0 Å². The van der Waals surface area contributed by atoms with Gasteiger partial charge in [-0.2, -0.15) is 0 Å². The van der Waals surface area contributed by atoms with Gasteiger partial charge in [-0.3, -0.25) is 14.4 Å². The van der Waals surface area contributed by atoms with Gasteiger partial charge >= 0.3 is 18.0 Å². The van der Waals surface area contributed by atoms with Crippen LogP contribution in [0.1, 0.15) is 58.4 Å². The number of hydrogen-bond acceptors (Lipinski definition) is 8. The van der Waals surface area contributed by atoms with Gasteiger partial charge in [0.15, 0.2) is 6.04 Å². The van der Waals surface area contributed by atoms with Crippen molar-refractivity contribution in [2.24, 2.45) is 5.41 Å². The number of aliphatic carboxylic acids is 2. The van der Waals surface area contributed by atoms with Crippen molar-refractivity contribution in [3.05, 3.63) is 54.1 Å². The Morgan fingerprint density at radius 1 is 0.878 bits per heavy atom. The Balaban J connectivity index is 1.54. The van der Waals surface area contributed by atoms with E-state index < -0.39 is 54.5 Å². The number of nitrogens with one attached hydrogen (secondary N) is 4. The highest BCUT2D eigenvalue weighted by atomic mass is 16.5. The minimum Gasteiger partial charge on any atom is -0.497 e. The van der Waals surface area contributed by atoms with E-state index in [1.807, 2.05) is 20.8 Å². The quantitative estimate of drug-likeness (QED) is 0.151. The summed E-state index contributed by atoms with van der Waals surface area (Å²) in [6.45, 7) is 6.44. The summed E-state index contributed by atoms with van der Waals surface area (Å²) in [5, 5.41) is 29.5. The number of nitrogens with zero attached hydrogens (tertiary/aromatic N) is 1. The van der Waals surface area contributed by atoms with Crippen molar-refractivity contribution >= 4 is 47.1 Å². The van der Waals surface area contributed by atoms with Crippen molar-refractivity contribution in [1.29, 1.82) is 0 Å². The first kappa shape index (κ1) is 38.3. The summed E-state index contributed by atoms with van der Waals surface area (Å²) < 4.78 is 10.5. The fraction of sp³-hybridized carbons (Fsp3) is 0.471. The Labute approximate surface area is 284 Å². The molecule has 2 aromatic rings. The third kappa shape index (κ3) is 12.1. The molecule has 4 atom stereocenters. The Bertz CT molecular complexity index is 1490. The summed E-state index contributed by atoms with van der Waals surface area (Å²) in [4.78, 5) is 75.3. The van der Waals surface area contributed by atoms with Gasteiger partial charge < -0.3 is 45.9 Å². The second kappa shape index (κ2) is 17.3. The topological polar surface area (TPSA) is 213 Å². The van der Waals surface area contributed by atoms with Crippen LogP contribution < -0.4 is 26.0 Å². The van der Waals surface area contributed by atoms with E-state index in [0.29, 0.717) is 17.1 Å². The van der Waals surface area contributed by atoms with E-state index in [0.717, 1.165) is 5.56 Å². The van der Waals surface area contributed by atoms with E-state index in [-0.39, 0.29) is 49.7 Å². The van der Waals surface area contributed by atoms with Crippen LogP contribution in [0.3, 0.4) is 0 Å². The van der Waals surface area contributed by atoms with E-state index in [1.165, 1.54) is 11.8 Å². The molecule has 6 N–H and O–H groups in total. The number of amides is 5.